The Morgan fingerprint density at radius 2 is 2.17 bits per heavy atom. The van der Waals surface area contributed by atoms with Crippen LogP contribution in [0.4, 0.5) is 5.69 Å². The zero-order valence-corrected chi connectivity index (χ0v) is 13.8. The molecule has 126 valence electrons. The number of anilines is 1. The quantitative estimate of drug-likeness (QED) is 0.605. The summed E-state index contributed by atoms with van der Waals surface area (Å²) in [6.07, 6.45) is 2.69. The van der Waals surface area contributed by atoms with Gasteiger partial charge in [0, 0.05) is 5.92 Å². The lowest BCUT2D eigenvalue weighted by molar-refractivity contribution is -0.119. The maximum absolute atomic E-state index is 11.8. The number of carbonyl (C=O) groups excluding carboxylic acids is 1. The van der Waals surface area contributed by atoms with Crippen molar-refractivity contribution in [3.8, 4) is 5.75 Å². The summed E-state index contributed by atoms with van der Waals surface area (Å²) in [5.74, 6) is 3.30. The Bertz CT molecular complexity index is 739. The standard InChI is InChI=1S/C18H21N3O3/c1-12-9-14(12)16-8-7-13(24-16)10-20-21-18(22)11-19-15-5-3-4-6-17(15)23-2/h3-8,10,12,14,19H,9,11H2,1-2H3,(H,21,22)/b20-10-/t12-,14+/m1/s1. The summed E-state index contributed by atoms with van der Waals surface area (Å²) < 4.78 is 10.9. The van der Waals surface area contributed by atoms with E-state index in [-0.39, 0.29) is 12.5 Å². The predicted octanol–water partition coefficient (Wildman–Crippen LogP) is 2.97. The summed E-state index contributed by atoms with van der Waals surface area (Å²) in [6.45, 7) is 2.30. The Hall–Kier alpha value is -2.76. The maximum atomic E-state index is 11.8. The second kappa shape index (κ2) is 7.21. The molecule has 1 aromatic carbocycles. The Kier molecular flexibility index (Phi) is 4.84. The molecule has 2 aromatic rings. The van der Waals surface area contributed by atoms with Crippen LogP contribution in [0.1, 0.15) is 30.8 Å². The van der Waals surface area contributed by atoms with Gasteiger partial charge in [0.25, 0.3) is 5.91 Å². The van der Waals surface area contributed by atoms with Crippen molar-refractivity contribution in [1.29, 1.82) is 0 Å². The minimum absolute atomic E-state index is 0.0979. The predicted molar refractivity (Wildman–Crippen MR) is 92.5 cm³/mol. The van der Waals surface area contributed by atoms with Gasteiger partial charge in [0.1, 0.15) is 17.3 Å². The highest BCUT2D eigenvalue weighted by atomic mass is 16.5. The van der Waals surface area contributed by atoms with Crippen LogP contribution in [-0.2, 0) is 4.79 Å². The van der Waals surface area contributed by atoms with Crippen LogP contribution in [0, 0.1) is 5.92 Å². The molecule has 0 bridgehead atoms. The van der Waals surface area contributed by atoms with Gasteiger partial charge in [-0.05, 0) is 36.6 Å². The second-order valence-corrected chi connectivity index (χ2v) is 5.91. The van der Waals surface area contributed by atoms with E-state index < -0.39 is 0 Å². The molecule has 2 N–H and O–H groups in total. The molecule has 1 aliphatic rings. The highest BCUT2D eigenvalue weighted by Crippen LogP contribution is 2.47. The van der Waals surface area contributed by atoms with Gasteiger partial charge in [-0.15, -0.1) is 0 Å². The fourth-order valence-electron chi connectivity index (χ4n) is 2.53. The van der Waals surface area contributed by atoms with Gasteiger partial charge in [-0.25, -0.2) is 5.43 Å². The van der Waals surface area contributed by atoms with Gasteiger partial charge in [-0.3, -0.25) is 4.79 Å². The lowest BCUT2D eigenvalue weighted by Gasteiger charge is -2.09. The lowest BCUT2D eigenvalue weighted by Crippen LogP contribution is -2.26. The number of para-hydroxylation sites is 2. The number of nitrogens with zero attached hydrogens (tertiary/aromatic N) is 1. The number of hydrazone groups is 1. The van der Waals surface area contributed by atoms with Crippen molar-refractivity contribution >= 4 is 17.8 Å². The number of hydrogen-bond acceptors (Lipinski definition) is 5. The molecule has 6 nitrogen and oxygen atoms in total. The van der Waals surface area contributed by atoms with Crippen LogP contribution in [0.3, 0.4) is 0 Å². The molecule has 0 aliphatic heterocycles. The number of amides is 1. The molecule has 0 spiro atoms. The van der Waals surface area contributed by atoms with Crippen molar-refractivity contribution in [3.63, 3.8) is 0 Å². The first-order valence-corrected chi connectivity index (χ1v) is 7.96. The molecule has 0 radical (unpaired) electrons. The van der Waals surface area contributed by atoms with Crippen LogP contribution in [0.25, 0.3) is 0 Å². The Balaban J connectivity index is 1.46. The number of carbonyl (C=O) groups is 1. The molecule has 1 saturated carbocycles. The second-order valence-electron chi connectivity index (χ2n) is 5.91. The summed E-state index contributed by atoms with van der Waals surface area (Å²) in [6, 6.07) is 11.3. The molecule has 1 aromatic heterocycles. The highest BCUT2D eigenvalue weighted by Gasteiger charge is 2.36. The summed E-state index contributed by atoms with van der Waals surface area (Å²) in [5, 5.41) is 6.93. The first kappa shape index (κ1) is 16.1. The molecule has 1 amide bonds. The molecule has 1 fully saturated rings. The van der Waals surface area contributed by atoms with Crippen LogP contribution in [-0.4, -0.2) is 25.8 Å². The summed E-state index contributed by atoms with van der Waals surface area (Å²) in [7, 11) is 1.59. The number of nitrogens with one attached hydrogen (secondary N) is 2. The topological polar surface area (TPSA) is 75.9 Å². The Morgan fingerprint density at radius 3 is 2.92 bits per heavy atom. The number of ether oxygens (including phenoxy) is 1. The monoisotopic (exact) mass is 327 g/mol. The highest BCUT2D eigenvalue weighted by molar-refractivity contribution is 5.83. The van der Waals surface area contributed by atoms with Gasteiger partial charge in [0.05, 0.1) is 25.6 Å². The Morgan fingerprint density at radius 1 is 1.38 bits per heavy atom. The van der Waals surface area contributed by atoms with Gasteiger partial charge in [-0.1, -0.05) is 19.1 Å². The van der Waals surface area contributed by atoms with Gasteiger partial charge in [-0.2, -0.15) is 5.10 Å². The van der Waals surface area contributed by atoms with Gasteiger partial charge >= 0.3 is 0 Å². The van der Waals surface area contributed by atoms with Crippen molar-refractivity contribution in [1.82, 2.24) is 5.43 Å². The minimum Gasteiger partial charge on any atom is -0.495 e. The van der Waals surface area contributed by atoms with E-state index in [1.165, 1.54) is 12.6 Å². The lowest BCUT2D eigenvalue weighted by atomic mass is 10.3. The molecular formula is C18H21N3O3. The van der Waals surface area contributed by atoms with E-state index >= 15 is 0 Å². The number of rotatable bonds is 7. The molecule has 0 saturated heterocycles. The van der Waals surface area contributed by atoms with E-state index in [9.17, 15) is 4.79 Å². The zero-order valence-electron chi connectivity index (χ0n) is 13.8. The van der Waals surface area contributed by atoms with Crippen LogP contribution < -0.4 is 15.5 Å². The molecule has 24 heavy (non-hydrogen) atoms. The maximum Gasteiger partial charge on any atom is 0.259 e. The van der Waals surface area contributed by atoms with E-state index in [0.29, 0.717) is 23.3 Å². The molecular weight excluding hydrogens is 306 g/mol. The van der Waals surface area contributed by atoms with Crippen LogP contribution in [0.5, 0.6) is 5.75 Å². The average Bonchev–Trinajstić information content (AvgIpc) is 3.14. The molecule has 2 atom stereocenters. The first-order valence-electron chi connectivity index (χ1n) is 7.96. The number of hydrogen-bond donors (Lipinski definition) is 2. The third-order valence-corrected chi connectivity index (χ3v) is 4.05. The summed E-state index contributed by atoms with van der Waals surface area (Å²) >= 11 is 0. The molecule has 0 unspecified atom stereocenters. The van der Waals surface area contributed by atoms with Crippen LogP contribution in [0.2, 0.25) is 0 Å². The normalized spacial score (nSPS) is 19.2. The molecule has 3 rings (SSSR count). The van der Waals surface area contributed by atoms with Crippen molar-refractivity contribution in [2.45, 2.75) is 19.3 Å². The van der Waals surface area contributed by atoms with Crippen molar-refractivity contribution < 1.29 is 13.9 Å². The Labute approximate surface area is 140 Å². The third kappa shape index (κ3) is 3.95. The van der Waals surface area contributed by atoms with Crippen molar-refractivity contribution in [3.05, 3.63) is 47.9 Å². The van der Waals surface area contributed by atoms with E-state index in [0.717, 1.165) is 11.4 Å². The number of benzene rings is 1. The molecule has 6 heteroatoms. The summed E-state index contributed by atoms with van der Waals surface area (Å²) in [4.78, 5) is 11.8. The van der Waals surface area contributed by atoms with Gasteiger partial charge in [0.15, 0.2) is 0 Å². The molecule has 1 aliphatic carbocycles. The molecule has 1 heterocycles. The average molecular weight is 327 g/mol. The van der Waals surface area contributed by atoms with Gasteiger partial charge in [0.2, 0.25) is 0 Å². The van der Waals surface area contributed by atoms with Crippen molar-refractivity contribution in [2.75, 3.05) is 19.0 Å². The van der Waals surface area contributed by atoms with E-state index in [2.05, 4.69) is 22.8 Å². The van der Waals surface area contributed by atoms with Crippen LogP contribution >= 0.6 is 0 Å². The largest absolute Gasteiger partial charge is 0.495 e. The minimum atomic E-state index is -0.250. The number of methoxy groups -OCH3 is 1. The van der Waals surface area contributed by atoms with Gasteiger partial charge < -0.3 is 14.5 Å². The first-order chi connectivity index (χ1) is 11.7. The van der Waals surface area contributed by atoms with E-state index in [1.54, 1.807) is 7.11 Å². The van der Waals surface area contributed by atoms with Crippen LogP contribution in [0.15, 0.2) is 45.9 Å². The van der Waals surface area contributed by atoms with E-state index in [4.69, 9.17) is 9.15 Å². The smallest absolute Gasteiger partial charge is 0.259 e. The zero-order chi connectivity index (χ0) is 16.9. The fraction of sp³-hybridized carbons (Fsp3) is 0.333. The van der Waals surface area contributed by atoms with E-state index in [1.807, 2.05) is 36.4 Å². The third-order valence-electron chi connectivity index (χ3n) is 4.05. The fourth-order valence-corrected chi connectivity index (χ4v) is 2.53. The van der Waals surface area contributed by atoms with Crippen molar-refractivity contribution in [2.24, 2.45) is 11.0 Å². The summed E-state index contributed by atoms with van der Waals surface area (Å²) in [5.41, 5.74) is 3.23. The number of furan rings is 1. The SMILES string of the molecule is COc1ccccc1NCC(=O)N/N=C\c1ccc([C@H]2C[C@H]2C)o1.